The fourth-order valence-corrected chi connectivity index (χ4v) is 2.80. The maximum Gasteiger partial charge on any atom is 0.176 e. The largest absolute Gasteiger partial charge is 0.389 e. The summed E-state index contributed by atoms with van der Waals surface area (Å²) in [5, 5.41) is 39.4. The summed E-state index contributed by atoms with van der Waals surface area (Å²) >= 11 is 0. The number of rotatable bonds is 2. The zero-order valence-corrected chi connectivity index (χ0v) is 11.8. The second-order valence-electron chi connectivity index (χ2n) is 5.91. The molecular formula is C12H25N3O6. The lowest BCUT2D eigenvalue weighted by Crippen LogP contribution is -2.66. The molecular weight excluding hydrogens is 282 g/mol. The summed E-state index contributed by atoms with van der Waals surface area (Å²) in [6.45, 7) is 1.57. The number of aliphatic hydroxyl groups is 4. The van der Waals surface area contributed by atoms with E-state index in [-0.39, 0.29) is 6.42 Å². The maximum atomic E-state index is 10.0. The fraction of sp³-hybridized carbons (Fsp3) is 1.00. The van der Waals surface area contributed by atoms with Gasteiger partial charge in [0, 0.05) is 12.1 Å². The topological polar surface area (TPSA) is 177 Å². The van der Waals surface area contributed by atoms with Gasteiger partial charge >= 0.3 is 0 Å². The number of aliphatic hydroxyl groups excluding tert-OH is 4. The first-order valence-electron chi connectivity index (χ1n) is 7.04. The van der Waals surface area contributed by atoms with Crippen LogP contribution >= 0.6 is 0 Å². The van der Waals surface area contributed by atoms with Crippen LogP contribution in [-0.2, 0) is 9.47 Å². The van der Waals surface area contributed by atoms with Gasteiger partial charge in [-0.25, -0.2) is 0 Å². The third kappa shape index (κ3) is 3.21. The van der Waals surface area contributed by atoms with E-state index in [1.54, 1.807) is 6.92 Å². The van der Waals surface area contributed by atoms with Crippen LogP contribution in [0.2, 0.25) is 0 Å². The van der Waals surface area contributed by atoms with Crippen molar-refractivity contribution in [2.75, 3.05) is 0 Å². The molecule has 1 aliphatic heterocycles. The molecule has 10 atom stereocenters. The van der Waals surface area contributed by atoms with Crippen LogP contribution in [0.5, 0.6) is 0 Å². The summed E-state index contributed by atoms with van der Waals surface area (Å²) < 4.78 is 11.0. The van der Waals surface area contributed by atoms with Crippen LogP contribution < -0.4 is 17.2 Å². The lowest BCUT2D eigenvalue weighted by Gasteiger charge is -2.45. The molecule has 0 aromatic carbocycles. The summed E-state index contributed by atoms with van der Waals surface area (Å²) in [5.74, 6) is 0. The predicted octanol–water partition coefficient (Wildman–Crippen LogP) is -4.05. The zero-order chi connectivity index (χ0) is 15.9. The van der Waals surface area contributed by atoms with Crippen molar-refractivity contribution in [2.24, 2.45) is 17.2 Å². The van der Waals surface area contributed by atoms with E-state index in [1.807, 2.05) is 0 Å². The number of hydrogen-bond acceptors (Lipinski definition) is 9. The molecule has 0 amide bonds. The normalized spacial score (nSPS) is 55.4. The van der Waals surface area contributed by atoms with Crippen molar-refractivity contribution < 1.29 is 29.9 Å². The molecule has 0 aromatic heterocycles. The highest BCUT2D eigenvalue weighted by Gasteiger charge is 2.47. The van der Waals surface area contributed by atoms with Crippen LogP contribution in [0.4, 0.5) is 0 Å². The quantitative estimate of drug-likeness (QED) is 0.267. The highest BCUT2D eigenvalue weighted by atomic mass is 16.7. The first-order valence-corrected chi connectivity index (χ1v) is 7.04. The molecule has 1 aliphatic carbocycles. The Balaban J connectivity index is 2.06. The summed E-state index contributed by atoms with van der Waals surface area (Å²) in [6.07, 6.45) is -7.18. The molecule has 0 aromatic rings. The standard InChI is InChI=1S/C12H25N3O6/c1-3-7(16)9(18)6(15)12(20-3)21-11-5(14)2-4(13)8(17)10(11)19/h3-12,16-19H,2,13-15H2,1H3/t3-,4+,5-,6-,7-,8-,9-,10+,11+,12-/m0/s1. The first kappa shape index (κ1) is 17.0. The molecule has 1 heterocycles. The highest BCUT2D eigenvalue weighted by molar-refractivity contribution is 4.99. The second kappa shape index (κ2) is 6.41. The Labute approximate surface area is 122 Å². The van der Waals surface area contributed by atoms with Crippen LogP contribution in [0, 0.1) is 0 Å². The minimum atomic E-state index is -1.28. The van der Waals surface area contributed by atoms with Gasteiger partial charge in [-0.15, -0.1) is 0 Å². The van der Waals surface area contributed by atoms with Crippen LogP contribution in [-0.4, -0.2) is 81.5 Å². The van der Waals surface area contributed by atoms with Gasteiger partial charge in [-0.3, -0.25) is 0 Å². The summed E-state index contributed by atoms with van der Waals surface area (Å²) in [4.78, 5) is 0. The molecule has 2 fully saturated rings. The van der Waals surface area contributed by atoms with Gasteiger partial charge < -0.3 is 47.1 Å². The van der Waals surface area contributed by atoms with E-state index >= 15 is 0 Å². The highest BCUT2D eigenvalue weighted by Crippen LogP contribution is 2.26. The van der Waals surface area contributed by atoms with E-state index in [9.17, 15) is 20.4 Å². The fourth-order valence-electron chi connectivity index (χ4n) is 2.80. The van der Waals surface area contributed by atoms with Gasteiger partial charge in [0.05, 0.1) is 18.2 Å². The Morgan fingerprint density at radius 1 is 0.905 bits per heavy atom. The molecule has 1 saturated heterocycles. The molecule has 0 spiro atoms. The summed E-state index contributed by atoms with van der Waals surface area (Å²) in [5.41, 5.74) is 17.3. The minimum absolute atomic E-state index is 0.269. The lowest BCUT2D eigenvalue weighted by molar-refractivity contribution is -0.286. The molecule has 0 unspecified atom stereocenters. The summed E-state index contributed by atoms with van der Waals surface area (Å²) in [6, 6.07) is -2.24. The van der Waals surface area contributed by atoms with Crippen LogP contribution in [0.15, 0.2) is 0 Å². The van der Waals surface area contributed by atoms with E-state index in [2.05, 4.69) is 0 Å². The minimum Gasteiger partial charge on any atom is -0.389 e. The Hall–Kier alpha value is -0.360. The van der Waals surface area contributed by atoms with Crippen molar-refractivity contribution in [3.63, 3.8) is 0 Å². The van der Waals surface area contributed by atoms with Crippen molar-refractivity contribution in [3.05, 3.63) is 0 Å². The van der Waals surface area contributed by atoms with Gasteiger partial charge in [0.25, 0.3) is 0 Å². The van der Waals surface area contributed by atoms with E-state index in [0.29, 0.717) is 0 Å². The van der Waals surface area contributed by atoms with Gasteiger partial charge in [-0.1, -0.05) is 0 Å². The first-order chi connectivity index (χ1) is 9.73. The Bertz CT molecular complexity index is 362. The Morgan fingerprint density at radius 3 is 2.14 bits per heavy atom. The lowest BCUT2D eigenvalue weighted by atomic mass is 9.84. The average molecular weight is 307 g/mol. The van der Waals surface area contributed by atoms with E-state index in [4.69, 9.17) is 26.7 Å². The van der Waals surface area contributed by atoms with Gasteiger partial charge in [0.15, 0.2) is 6.29 Å². The molecule has 9 heteroatoms. The van der Waals surface area contributed by atoms with E-state index in [1.165, 1.54) is 0 Å². The predicted molar refractivity (Wildman–Crippen MR) is 71.8 cm³/mol. The molecule has 124 valence electrons. The van der Waals surface area contributed by atoms with Crippen LogP contribution in [0.25, 0.3) is 0 Å². The summed E-state index contributed by atoms with van der Waals surface area (Å²) in [7, 11) is 0. The molecule has 2 rings (SSSR count). The van der Waals surface area contributed by atoms with E-state index < -0.39 is 61.0 Å². The molecule has 9 nitrogen and oxygen atoms in total. The molecule has 10 N–H and O–H groups in total. The van der Waals surface area contributed by atoms with Crippen LogP contribution in [0.3, 0.4) is 0 Å². The van der Waals surface area contributed by atoms with Crippen molar-refractivity contribution in [1.82, 2.24) is 0 Å². The second-order valence-corrected chi connectivity index (χ2v) is 5.91. The molecule has 0 radical (unpaired) electrons. The van der Waals surface area contributed by atoms with Crippen molar-refractivity contribution in [1.29, 1.82) is 0 Å². The number of hydrogen-bond donors (Lipinski definition) is 7. The molecule has 21 heavy (non-hydrogen) atoms. The average Bonchev–Trinajstić information content (AvgIpc) is 2.44. The van der Waals surface area contributed by atoms with Gasteiger partial charge in [0.1, 0.15) is 24.4 Å². The van der Waals surface area contributed by atoms with Crippen LogP contribution in [0.1, 0.15) is 13.3 Å². The van der Waals surface area contributed by atoms with Gasteiger partial charge in [0.2, 0.25) is 0 Å². The Kier molecular flexibility index (Phi) is 5.19. The molecule has 1 saturated carbocycles. The van der Waals surface area contributed by atoms with E-state index in [0.717, 1.165) is 0 Å². The zero-order valence-electron chi connectivity index (χ0n) is 11.8. The number of nitrogens with two attached hydrogens (primary N) is 3. The van der Waals surface area contributed by atoms with Gasteiger partial charge in [-0.05, 0) is 13.3 Å². The smallest absolute Gasteiger partial charge is 0.176 e. The molecule has 2 aliphatic rings. The number of ether oxygens (including phenoxy) is 2. The maximum absolute atomic E-state index is 10.0. The van der Waals surface area contributed by atoms with Gasteiger partial charge in [-0.2, -0.15) is 0 Å². The SMILES string of the molecule is C[C@@H]1O[C@@H](O[C@H]2[C@H](O)[C@@H](O)[C@H](N)C[C@@H]2N)[C@@H](N)[C@H](O)[C@H]1O. The van der Waals surface area contributed by atoms with Crippen molar-refractivity contribution in [2.45, 2.75) is 74.4 Å². The third-order valence-electron chi connectivity index (χ3n) is 4.27. The monoisotopic (exact) mass is 307 g/mol. The molecule has 0 bridgehead atoms. The van der Waals surface area contributed by atoms with Crippen molar-refractivity contribution >= 4 is 0 Å². The third-order valence-corrected chi connectivity index (χ3v) is 4.27. The van der Waals surface area contributed by atoms with Crippen molar-refractivity contribution in [3.8, 4) is 0 Å². The Morgan fingerprint density at radius 2 is 1.52 bits per heavy atom.